The first-order valence-electron chi connectivity index (χ1n) is 12.1. The fourth-order valence-electron chi connectivity index (χ4n) is 4.88. The van der Waals surface area contributed by atoms with E-state index in [1.807, 2.05) is 43.4 Å². The first-order chi connectivity index (χ1) is 17.3. The van der Waals surface area contributed by atoms with Gasteiger partial charge in [0.25, 0.3) is 5.56 Å². The number of rotatable bonds is 10. The lowest BCUT2D eigenvalue weighted by molar-refractivity contribution is -0.110. The Kier molecular flexibility index (Phi) is 7.61. The van der Waals surface area contributed by atoms with E-state index in [1.54, 1.807) is 32.0 Å². The summed E-state index contributed by atoms with van der Waals surface area (Å²) in [6.45, 7) is 5.87. The van der Waals surface area contributed by atoms with Gasteiger partial charge >= 0.3 is 0 Å². The van der Waals surface area contributed by atoms with Crippen LogP contribution < -0.4 is 19.9 Å². The standard InChI is InChI=1S/C27H35N5O4/c1-7-32(8-9-33)19-14-31(15-19)17-23-24(35-5)10-18(11-25(23)36-6)22-16-30(4)27(34)21-13-28-26(29(2)3)12-20(21)22/h9-13,16,19H,7-8,14-15,17H2,1-6H3. The number of hydrogen-bond acceptors (Lipinski definition) is 8. The first-order valence-corrected chi connectivity index (χ1v) is 12.1. The normalized spacial score (nSPS) is 14.2. The molecule has 1 aromatic carbocycles. The average Bonchev–Trinajstić information content (AvgIpc) is 2.86. The van der Waals surface area contributed by atoms with E-state index in [2.05, 4.69) is 21.7 Å². The number of methoxy groups -OCH3 is 2. The number of aldehydes is 1. The highest BCUT2D eigenvalue weighted by molar-refractivity contribution is 5.97. The molecule has 9 nitrogen and oxygen atoms in total. The lowest BCUT2D eigenvalue weighted by atomic mass is 9.97. The van der Waals surface area contributed by atoms with Crippen LogP contribution in [0.2, 0.25) is 0 Å². The highest BCUT2D eigenvalue weighted by Gasteiger charge is 2.32. The Hall–Kier alpha value is -3.43. The minimum absolute atomic E-state index is 0.0925. The number of fused-ring (bicyclic) bond motifs is 1. The maximum absolute atomic E-state index is 12.8. The third-order valence-electron chi connectivity index (χ3n) is 6.98. The Morgan fingerprint density at radius 1 is 1.11 bits per heavy atom. The Balaban J connectivity index is 1.72. The molecule has 3 heterocycles. The minimum atomic E-state index is -0.0925. The molecular weight excluding hydrogens is 458 g/mol. The van der Waals surface area contributed by atoms with Crippen molar-refractivity contribution in [3.05, 3.63) is 46.5 Å². The van der Waals surface area contributed by atoms with Gasteiger partial charge < -0.3 is 23.7 Å². The fraction of sp³-hybridized carbons (Fsp3) is 0.444. The number of aromatic nitrogens is 2. The molecule has 0 bridgehead atoms. The fourth-order valence-corrected chi connectivity index (χ4v) is 4.88. The molecule has 1 aliphatic rings. The molecule has 192 valence electrons. The molecule has 1 fully saturated rings. The summed E-state index contributed by atoms with van der Waals surface area (Å²) in [5.41, 5.74) is 2.68. The molecule has 1 saturated heterocycles. The summed E-state index contributed by atoms with van der Waals surface area (Å²) in [6, 6.07) is 6.34. The van der Waals surface area contributed by atoms with Gasteiger partial charge in [0.2, 0.25) is 0 Å². The maximum atomic E-state index is 12.8. The molecule has 0 atom stereocenters. The SMILES string of the molecule is CCN(CC=O)C1CN(Cc2c(OC)cc(-c3cn(C)c(=O)c4cnc(N(C)C)cc34)cc2OC)C1. The summed E-state index contributed by atoms with van der Waals surface area (Å²) in [6.07, 6.45) is 4.46. The zero-order valence-corrected chi connectivity index (χ0v) is 21.9. The second kappa shape index (κ2) is 10.7. The molecule has 0 N–H and O–H groups in total. The van der Waals surface area contributed by atoms with Crippen LogP contribution in [0.3, 0.4) is 0 Å². The van der Waals surface area contributed by atoms with Crippen molar-refractivity contribution >= 4 is 22.9 Å². The number of carbonyl (C=O) groups excluding carboxylic acids is 1. The number of hydrogen-bond donors (Lipinski definition) is 0. The summed E-state index contributed by atoms with van der Waals surface area (Å²) in [7, 11) is 8.93. The predicted octanol–water partition coefficient (Wildman–Crippen LogP) is 2.39. The highest BCUT2D eigenvalue weighted by atomic mass is 16.5. The van der Waals surface area contributed by atoms with Crippen LogP contribution in [-0.4, -0.2) is 86.2 Å². The van der Waals surface area contributed by atoms with E-state index < -0.39 is 0 Å². The largest absolute Gasteiger partial charge is 0.496 e. The smallest absolute Gasteiger partial charge is 0.259 e. The molecule has 0 spiro atoms. The van der Waals surface area contributed by atoms with Crippen LogP contribution in [0, 0.1) is 0 Å². The van der Waals surface area contributed by atoms with E-state index >= 15 is 0 Å². The molecule has 4 rings (SSSR count). The average molecular weight is 494 g/mol. The summed E-state index contributed by atoms with van der Waals surface area (Å²) in [5.74, 6) is 2.24. The predicted molar refractivity (Wildman–Crippen MR) is 142 cm³/mol. The van der Waals surface area contributed by atoms with Crippen molar-refractivity contribution in [2.45, 2.75) is 19.5 Å². The van der Waals surface area contributed by atoms with Crippen LogP contribution in [0.4, 0.5) is 5.82 Å². The van der Waals surface area contributed by atoms with Crippen molar-refractivity contribution in [3.63, 3.8) is 0 Å². The van der Waals surface area contributed by atoms with Gasteiger partial charge in [0.1, 0.15) is 23.6 Å². The number of benzene rings is 1. The third kappa shape index (κ3) is 4.81. The van der Waals surface area contributed by atoms with Gasteiger partial charge in [-0.25, -0.2) is 4.98 Å². The summed E-state index contributed by atoms with van der Waals surface area (Å²) < 4.78 is 13.2. The van der Waals surface area contributed by atoms with Gasteiger partial charge in [0.05, 0.1) is 31.7 Å². The Labute approximate surface area is 211 Å². The van der Waals surface area contributed by atoms with Gasteiger partial charge in [-0.2, -0.15) is 0 Å². The van der Waals surface area contributed by atoms with E-state index in [0.29, 0.717) is 24.5 Å². The number of anilines is 1. The Morgan fingerprint density at radius 3 is 2.33 bits per heavy atom. The topological polar surface area (TPSA) is 80.1 Å². The maximum Gasteiger partial charge on any atom is 0.259 e. The molecule has 0 saturated carbocycles. The third-order valence-corrected chi connectivity index (χ3v) is 6.98. The van der Waals surface area contributed by atoms with E-state index in [4.69, 9.17) is 9.47 Å². The van der Waals surface area contributed by atoms with Crippen LogP contribution in [-0.2, 0) is 18.4 Å². The minimum Gasteiger partial charge on any atom is -0.496 e. The number of likely N-dealkylation sites (N-methyl/N-ethyl adjacent to an activating group) is 1. The van der Waals surface area contributed by atoms with Gasteiger partial charge in [0, 0.05) is 70.2 Å². The number of pyridine rings is 2. The van der Waals surface area contributed by atoms with Crippen LogP contribution in [0.1, 0.15) is 12.5 Å². The van der Waals surface area contributed by atoms with Gasteiger partial charge in [-0.15, -0.1) is 0 Å². The van der Waals surface area contributed by atoms with Crippen molar-refractivity contribution in [2.75, 3.05) is 59.4 Å². The van der Waals surface area contributed by atoms with Crippen molar-refractivity contribution < 1.29 is 14.3 Å². The summed E-state index contributed by atoms with van der Waals surface area (Å²) in [4.78, 5) is 34.7. The molecule has 0 amide bonds. The quantitative estimate of drug-likeness (QED) is 0.399. The molecule has 2 aromatic heterocycles. The lowest BCUT2D eigenvalue weighted by Crippen LogP contribution is -2.59. The van der Waals surface area contributed by atoms with Crippen LogP contribution >= 0.6 is 0 Å². The van der Waals surface area contributed by atoms with Crippen LogP contribution in [0.15, 0.2) is 35.4 Å². The van der Waals surface area contributed by atoms with Crippen molar-refractivity contribution in [3.8, 4) is 22.6 Å². The number of aryl methyl sites for hydroxylation is 1. The lowest BCUT2D eigenvalue weighted by Gasteiger charge is -2.45. The van der Waals surface area contributed by atoms with Gasteiger partial charge in [-0.3, -0.25) is 14.6 Å². The zero-order chi connectivity index (χ0) is 26.0. The first kappa shape index (κ1) is 25.7. The van der Waals surface area contributed by atoms with Gasteiger partial charge in [-0.1, -0.05) is 6.92 Å². The van der Waals surface area contributed by atoms with E-state index in [9.17, 15) is 9.59 Å². The van der Waals surface area contributed by atoms with Gasteiger partial charge in [-0.05, 0) is 30.3 Å². The van der Waals surface area contributed by atoms with Gasteiger partial charge in [0.15, 0.2) is 0 Å². The monoisotopic (exact) mass is 493 g/mol. The van der Waals surface area contributed by atoms with Crippen molar-refractivity contribution in [1.82, 2.24) is 19.4 Å². The zero-order valence-electron chi connectivity index (χ0n) is 21.9. The van der Waals surface area contributed by atoms with E-state index in [0.717, 1.165) is 65.3 Å². The molecule has 1 aliphatic heterocycles. The number of carbonyl (C=O) groups is 1. The molecule has 9 heteroatoms. The molecule has 3 aromatic rings. The van der Waals surface area contributed by atoms with Crippen LogP contribution in [0.25, 0.3) is 21.9 Å². The van der Waals surface area contributed by atoms with Crippen molar-refractivity contribution in [2.24, 2.45) is 7.05 Å². The molecule has 0 unspecified atom stereocenters. The summed E-state index contributed by atoms with van der Waals surface area (Å²) >= 11 is 0. The number of ether oxygens (including phenoxy) is 2. The molecule has 0 aliphatic carbocycles. The Bertz CT molecular complexity index is 1290. The molecular formula is C27H35N5O4. The molecule has 0 radical (unpaired) electrons. The second-order valence-corrected chi connectivity index (χ2v) is 9.40. The second-order valence-electron chi connectivity index (χ2n) is 9.40. The molecule has 36 heavy (non-hydrogen) atoms. The summed E-state index contributed by atoms with van der Waals surface area (Å²) in [5, 5.41) is 1.39. The van der Waals surface area contributed by atoms with Crippen molar-refractivity contribution in [1.29, 1.82) is 0 Å². The van der Waals surface area contributed by atoms with E-state index in [-0.39, 0.29) is 5.56 Å². The number of likely N-dealkylation sites (tertiary alicyclic amines) is 1. The van der Waals surface area contributed by atoms with Crippen LogP contribution in [0.5, 0.6) is 11.5 Å². The Morgan fingerprint density at radius 2 is 1.78 bits per heavy atom. The highest BCUT2D eigenvalue weighted by Crippen LogP contribution is 2.39. The van der Waals surface area contributed by atoms with E-state index in [1.165, 1.54) is 0 Å². The number of nitrogens with zero attached hydrogens (tertiary/aromatic N) is 5.